The zero-order valence-electron chi connectivity index (χ0n) is 16.1. The van der Waals surface area contributed by atoms with E-state index in [2.05, 4.69) is 10.3 Å². The molecule has 2 aromatic heterocycles. The van der Waals surface area contributed by atoms with Crippen molar-refractivity contribution in [2.24, 2.45) is 5.73 Å². The van der Waals surface area contributed by atoms with Crippen LogP contribution in [0.2, 0.25) is 0 Å². The first-order chi connectivity index (χ1) is 13.7. The Hall–Kier alpha value is -3.24. The summed E-state index contributed by atoms with van der Waals surface area (Å²) in [5.74, 6) is -1.35. The third-order valence-electron chi connectivity index (χ3n) is 4.43. The monoisotopic (exact) mass is 416 g/mol. The SMILES string of the molecule is Cc1ncc(C(=O)N(C)c2ccc3oc(C)c(C(=O)N[C@@H](CO)C(N)=O)c3c2)s1. The number of furan rings is 1. The van der Waals surface area contributed by atoms with E-state index >= 15 is 0 Å². The second kappa shape index (κ2) is 8.02. The molecule has 3 aromatic rings. The van der Waals surface area contributed by atoms with Gasteiger partial charge in [-0.3, -0.25) is 14.4 Å². The van der Waals surface area contributed by atoms with Crippen molar-refractivity contribution in [3.05, 3.63) is 45.6 Å². The summed E-state index contributed by atoms with van der Waals surface area (Å²) in [6.07, 6.45) is 1.52. The van der Waals surface area contributed by atoms with Crippen LogP contribution in [0.25, 0.3) is 11.0 Å². The predicted molar refractivity (Wildman–Crippen MR) is 108 cm³/mol. The minimum atomic E-state index is -1.21. The maximum Gasteiger partial charge on any atom is 0.269 e. The molecule has 3 rings (SSSR count). The summed E-state index contributed by atoms with van der Waals surface area (Å²) in [6, 6.07) is 3.81. The number of fused-ring (bicyclic) bond motifs is 1. The van der Waals surface area contributed by atoms with Crippen LogP contribution in [-0.4, -0.2) is 47.5 Å². The molecule has 3 amide bonds. The van der Waals surface area contributed by atoms with Gasteiger partial charge in [0.25, 0.3) is 11.8 Å². The number of carbonyl (C=O) groups excluding carboxylic acids is 3. The predicted octanol–water partition coefficient (Wildman–Crippen LogP) is 1.36. The summed E-state index contributed by atoms with van der Waals surface area (Å²) in [4.78, 5) is 42.7. The number of aromatic nitrogens is 1. The first-order valence-electron chi connectivity index (χ1n) is 8.67. The van der Waals surface area contributed by atoms with Gasteiger partial charge in [-0.05, 0) is 32.0 Å². The van der Waals surface area contributed by atoms with Gasteiger partial charge in [-0.2, -0.15) is 0 Å². The molecule has 0 radical (unpaired) electrons. The van der Waals surface area contributed by atoms with Crippen molar-refractivity contribution in [2.75, 3.05) is 18.6 Å². The Kier molecular flexibility index (Phi) is 5.66. The Morgan fingerprint density at radius 2 is 2.07 bits per heavy atom. The molecule has 0 bridgehead atoms. The molecule has 1 aromatic carbocycles. The van der Waals surface area contributed by atoms with Crippen LogP contribution in [0.5, 0.6) is 0 Å². The summed E-state index contributed by atoms with van der Waals surface area (Å²) in [5, 5.41) is 12.9. The van der Waals surface area contributed by atoms with Gasteiger partial charge in [0.1, 0.15) is 22.3 Å². The highest BCUT2D eigenvalue weighted by molar-refractivity contribution is 7.13. The maximum absolute atomic E-state index is 12.7. The molecular formula is C19H20N4O5S. The average molecular weight is 416 g/mol. The van der Waals surface area contributed by atoms with Crippen LogP contribution < -0.4 is 16.0 Å². The van der Waals surface area contributed by atoms with Gasteiger partial charge in [0.05, 0.1) is 23.4 Å². The molecule has 152 valence electrons. The summed E-state index contributed by atoms with van der Waals surface area (Å²) < 4.78 is 5.63. The molecule has 0 aliphatic rings. The van der Waals surface area contributed by atoms with Gasteiger partial charge in [-0.1, -0.05) is 0 Å². The minimum absolute atomic E-state index is 0.205. The van der Waals surface area contributed by atoms with Crippen LogP contribution in [-0.2, 0) is 4.79 Å². The van der Waals surface area contributed by atoms with E-state index in [1.807, 2.05) is 6.92 Å². The molecule has 0 saturated heterocycles. The number of thiazole rings is 1. The number of rotatable bonds is 6. The van der Waals surface area contributed by atoms with E-state index in [1.54, 1.807) is 32.2 Å². The molecule has 0 saturated carbocycles. The standard InChI is InChI=1S/C19H20N4O5S/c1-9-16(18(26)22-13(8-24)17(20)25)12-6-11(4-5-14(12)28-9)23(3)19(27)15-7-21-10(2)29-15/h4-7,13,24H,8H2,1-3H3,(H2,20,25)(H,22,26)/t13-/m0/s1. The van der Waals surface area contributed by atoms with Crippen molar-refractivity contribution in [2.45, 2.75) is 19.9 Å². The van der Waals surface area contributed by atoms with E-state index in [4.69, 9.17) is 10.2 Å². The van der Waals surface area contributed by atoms with E-state index < -0.39 is 24.5 Å². The first-order valence-corrected chi connectivity index (χ1v) is 9.49. The molecule has 0 aliphatic heterocycles. The van der Waals surface area contributed by atoms with Crippen LogP contribution in [0, 0.1) is 13.8 Å². The number of aliphatic hydroxyl groups excluding tert-OH is 1. The molecule has 29 heavy (non-hydrogen) atoms. The molecule has 0 aliphatic carbocycles. The number of primary amides is 1. The number of nitrogens with one attached hydrogen (secondary N) is 1. The molecule has 10 heteroatoms. The fraction of sp³-hybridized carbons (Fsp3) is 0.263. The third kappa shape index (κ3) is 3.98. The highest BCUT2D eigenvalue weighted by Crippen LogP contribution is 2.30. The van der Waals surface area contributed by atoms with Crippen LogP contribution in [0.1, 0.15) is 30.8 Å². The molecule has 0 spiro atoms. The van der Waals surface area contributed by atoms with Crippen LogP contribution >= 0.6 is 11.3 Å². The summed E-state index contributed by atoms with van der Waals surface area (Å²) >= 11 is 1.29. The average Bonchev–Trinajstić information content (AvgIpc) is 3.26. The number of benzene rings is 1. The molecule has 1 atom stereocenters. The normalized spacial score (nSPS) is 12.0. The van der Waals surface area contributed by atoms with Crippen LogP contribution in [0.15, 0.2) is 28.8 Å². The van der Waals surface area contributed by atoms with Crippen molar-refractivity contribution < 1.29 is 23.9 Å². The molecule has 0 unspecified atom stereocenters. The number of nitrogens with two attached hydrogens (primary N) is 1. The topological polar surface area (TPSA) is 139 Å². The second-order valence-electron chi connectivity index (χ2n) is 6.43. The van der Waals surface area contributed by atoms with E-state index in [9.17, 15) is 19.5 Å². The molecule has 9 nitrogen and oxygen atoms in total. The number of hydrogen-bond donors (Lipinski definition) is 3. The number of carbonyl (C=O) groups is 3. The zero-order chi connectivity index (χ0) is 21.3. The molecular weight excluding hydrogens is 396 g/mol. The lowest BCUT2D eigenvalue weighted by Crippen LogP contribution is -2.46. The fourth-order valence-corrected chi connectivity index (χ4v) is 3.63. The lowest BCUT2D eigenvalue weighted by atomic mass is 10.1. The number of amides is 3. The van der Waals surface area contributed by atoms with Crippen molar-refractivity contribution in [3.8, 4) is 0 Å². The van der Waals surface area contributed by atoms with Gasteiger partial charge in [0.2, 0.25) is 5.91 Å². The van der Waals surface area contributed by atoms with Crippen LogP contribution in [0.4, 0.5) is 5.69 Å². The zero-order valence-corrected chi connectivity index (χ0v) is 16.9. The smallest absolute Gasteiger partial charge is 0.269 e. The lowest BCUT2D eigenvalue weighted by molar-refractivity contribution is -0.120. The number of aryl methyl sites for hydroxylation is 2. The molecule has 2 heterocycles. The lowest BCUT2D eigenvalue weighted by Gasteiger charge is -2.16. The van der Waals surface area contributed by atoms with Crippen LogP contribution in [0.3, 0.4) is 0 Å². The highest BCUT2D eigenvalue weighted by Gasteiger charge is 2.24. The summed E-state index contributed by atoms with van der Waals surface area (Å²) in [5.41, 5.74) is 6.38. The summed E-state index contributed by atoms with van der Waals surface area (Å²) in [7, 11) is 1.63. The van der Waals surface area contributed by atoms with Gasteiger partial charge in [0, 0.05) is 18.1 Å². The Morgan fingerprint density at radius 1 is 1.34 bits per heavy atom. The highest BCUT2D eigenvalue weighted by atomic mass is 32.1. The Balaban J connectivity index is 1.97. The van der Waals surface area contributed by atoms with Crippen molar-refractivity contribution in [1.29, 1.82) is 0 Å². The van der Waals surface area contributed by atoms with Gasteiger partial charge in [0.15, 0.2) is 0 Å². The minimum Gasteiger partial charge on any atom is -0.461 e. The largest absolute Gasteiger partial charge is 0.461 e. The Morgan fingerprint density at radius 3 is 2.66 bits per heavy atom. The maximum atomic E-state index is 12.7. The van der Waals surface area contributed by atoms with E-state index in [-0.39, 0.29) is 11.5 Å². The number of nitrogens with zero attached hydrogens (tertiary/aromatic N) is 2. The number of anilines is 1. The Bertz CT molecular complexity index is 1100. The Labute approximate surface area is 170 Å². The van der Waals surface area contributed by atoms with E-state index in [0.29, 0.717) is 27.3 Å². The first kappa shape index (κ1) is 20.5. The third-order valence-corrected chi connectivity index (χ3v) is 5.33. The number of aliphatic hydroxyl groups is 1. The molecule has 4 N–H and O–H groups in total. The second-order valence-corrected chi connectivity index (χ2v) is 7.67. The van der Waals surface area contributed by atoms with Gasteiger partial charge < -0.3 is 25.5 Å². The van der Waals surface area contributed by atoms with Crippen molar-refractivity contribution in [3.63, 3.8) is 0 Å². The quantitative estimate of drug-likeness (QED) is 0.554. The van der Waals surface area contributed by atoms with Gasteiger partial charge in [-0.15, -0.1) is 11.3 Å². The van der Waals surface area contributed by atoms with E-state index in [0.717, 1.165) is 5.01 Å². The number of hydrogen-bond acceptors (Lipinski definition) is 7. The fourth-order valence-electron chi connectivity index (χ4n) is 2.88. The molecule has 0 fully saturated rings. The summed E-state index contributed by atoms with van der Waals surface area (Å²) in [6.45, 7) is 2.81. The van der Waals surface area contributed by atoms with Crippen molar-refractivity contribution >= 4 is 45.7 Å². The van der Waals surface area contributed by atoms with Crippen molar-refractivity contribution in [1.82, 2.24) is 10.3 Å². The van der Waals surface area contributed by atoms with Gasteiger partial charge in [-0.25, -0.2) is 4.98 Å². The van der Waals surface area contributed by atoms with E-state index in [1.165, 1.54) is 22.4 Å². The van der Waals surface area contributed by atoms with Gasteiger partial charge >= 0.3 is 0 Å².